The van der Waals surface area contributed by atoms with Crippen LogP contribution in [-0.4, -0.2) is 10.1 Å². The molecule has 1 aromatic carbocycles. The Balaban J connectivity index is 2.45. The molecule has 0 saturated carbocycles. The van der Waals surface area contributed by atoms with Gasteiger partial charge in [-0.1, -0.05) is 23.4 Å². The SMILES string of the molecule is [CH]c1noc(-c2ccccc2)n1. The van der Waals surface area contributed by atoms with E-state index in [0.29, 0.717) is 5.89 Å². The topological polar surface area (TPSA) is 38.9 Å². The third kappa shape index (κ3) is 1.21. The Morgan fingerprint density at radius 1 is 1.17 bits per heavy atom. The van der Waals surface area contributed by atoms with Crippen LogP contribution >= 0.6 is 0 Å². The Bertz CT molecular complexity index is 367. The zero-order chi connectivity index (χ0) is 8.39. The van der Waals surface area contributed by atoms with Crippen LogP contribution in [0.3, 0.4) is 0 Å². The number of rotatable bonds is 1. The Morgan fingerprint density at radius 3 is 2.50 bits per heavy atom. The number of benzene rings is 1. The van der Waals surface area contributed by atoms with Gasteiger partial charge in [0.05, 0.1) is 0 Å². The molecule has 0 amide bonds. The van der Waals surface area contributed by atoms with Gasteiger partial charge in [-0.15, -0.1) is 0 Å². The van der Waals surface area contributed by atoms with Crippen molar-refractivity contribution in [1.29, 1.82) is 0 Å². The molecule has 3 nitrogen and oxygen atoms in total. The predicted molar refractivity (Wildman–Crippen MR) is 43.1 cm³/mol. The first-order chi connectivity index (χ1) is 5.86. The Labute approximate surface area is 70.0 Å². The van der Waals surface area contributed by atoms with E-state index in [-0.39, 0.29) is 5.82 Å². The average Bonchev–Trinajstić information content (AvgIpc) is 2.54. The summed E-state index contributed by atoms with van der Waals surface area (Å²) in [6.07, 6.45) is 0. The predicted octanol–water partition coefficient (Wildman–Crippen LogP) is 1.80. The molecule has 0 fully saturated rings. The average molecular weight is 158 g/mol. The highest BCUT2D eigenvalue weighted by Crippen LogP contribution is 2.15. The van der Waals surface area contributed by atoms with E-state index in [0.717, 1.165) is 5.56 Å². The van der Waals surface area contributed by atoms with Gasteiger partial charge in [-0.05, 0) is 12.1 Å². The summed E-state index contributed by atoms with van der Waals surface area (Å²) in [5, 5.41) is 3.48. The Morgan fingerprint density at radius 2 is 1.92 bits per heavy atom. The van der Waals surface area contributed by atoms with Crippen molar-refractivity contribution in [2.24, 2.45) is 0 Å². The quantitative estimate of drug-likeness (QED) is 0.635. The van der Waals surface area contributed by atoms with Crippen LogP contribution < -0.4 is 0 Å². The summed E-state index contributed by atoms with van der Waals surface area (Å²) in [4.78, 5) is 3.88. The summed E-state index contributed by atoms with van der Waals surface area (Å²) in [5.74, 6) is 0.613. The van der Waals surface area contributed by atoms with E-state index >= 15 is 0 Å². The van der Waals surface area contributed by atoms with Crippen molar-refractivity contribution in [3.63, 3.8) is 0 Å². The fraction of sp³-hybridized carbons (Fsp3) is 0. The molecule has 0 aliphatic heterocycles. The number of hydrogen-bond acceptors (Lipinski definition) is 3. The second-order valence-corrected chi connectivity index (χ2v) is 2.32. The first-order valence-corrected chi connectivity index (χ1v) is 3.51. The Hall–Kier alpha value is -1.64. The van der Waals surface area contributed by atoms with Gasteiger partial charge < -0.3 is 4.52 Å². The minimum absolute atomic E-state index is 0.161. The summed E-state index contributed by atoms with van der Waals surface area (Å²) < 4.78 is 4.86. The third-order valence-electron chi connectivity index (χ3n) is 1.46. The van der Waals surface area contributed by atoms with Gasteiger partial charge in [0.15, 0.2) is 5.82 Å². The summed E-state index contributed by atoms with van der Waals surface area (Å²) in [7, 11) is 0. The van der Waals surface area contributed by atoms with Crippen LogP contribution in [0.5, 0.6) is 0 Å². The van der Waals surface area contributed by atoms with E-state index < -0.39 is 0 Å². The van der Waals surface area contributed by atoms with Crippen LogP contribution in [-0.2, 0) is 0 Å². The molecular formula is C9H6N2O. The first kappa shape index (κ1) is 7.03. The molecule has 2 rings (SSSR count). The zero-order valence-electron chi connectivity index (χ0n) is 6.27. The van der Waals surface area contributed by atoms with Crippen molar-refractivity contribution in [3.8, 4) is 11.5 Å². The fourth-order valence-corrected chi connectivity index (χ4v) is 0.933. The van der Waals surface area contributed by atoms with Crippen LogP contribution in [0.25, 0.3) is 11.5 Å². The maximum absolute atomic E-state index is 5.30. The van der Waals surface area contributed by atoms with E-state index in [1.165, 1.54) is 0 Å². The first-order valence-electron chi connectivity index (χ1n) is 3.51. The van der Waals surface area contributed by atoms with Gasteiger partial charge in [-0.2, -0.15) is 4.98 Å². The number of hydrogen-bond donors (Lipinski definition) is 0. The van der Waals surface area contributed by atoms with Crippen LogP contribution in [0.4, 0.5) is 0 Å². The minimum atomic E-state index is 0.161. The zero-order valence-corrected chi connectivity index (χ0v) is 6.27. The molecule has 0 atom stereocenters. The highest BCUT2D eigenvalue weighted by Gasteiger charge is 2.03. The summed E-state index contributed by atoms with van der Waals surface area (Å²) in [6.45, 7) is 5.30. The molecule has 0 spiro atoms. The number of nitrogens with zero attached hydrogens (tertiary/aromatic N) is 2. The molecule has 3 heteroatoms. The molecule has 0 saturated heterocycles. The maximum Gasteiger partial charge on any atom is 0.257 e. The molecule has 0 N–H and O–H groups in total. The van der Waals surface area contributed by atoms with Gasteiger partial charge in [-0.3, -0.25) is 0 Å². The van der Waals surface area contributed by atoms with Crippen molar-refractivity contribution in [1.82, 2.24) is 10.1 Å². The van der Waals surface area contributed by atoms with Gasteiger partial charge in [0.2, 0.25) is 0 Å². The molecule has 2 radical (unpaired) electrons. The van der Waals surface area contributed by atoms with E-state index in [1.807, 2.05) is 30.3 Å². The molecule has 0 aliphatic carbocycles. The highest BCUT2D eigenvalue weighted by atomic mass is 16.5. The normalized spacial score (nSPS) is 10.1. The van der Waals surface area contributed by atoms with E-state index in [9.17, 15) is 0 Å². The van der Waals surface area contributed by atoms with Gasteiger partial charge in [0.25, 0.3) is 5.89 Å². The van der Waals surface area contributed by atoms with Gasteiger partial charge >= 0.3 is 0 Å². The van der Waals surface area contributed by atoms with E-state index in [1.54, 1.807) is 0 Å². The van der Waals surface area contributed by atoms with Crippen molar-refractivity contribution < 1.29 is 4.52 Å². The third-order valence-corrected chi connectivity index (χ3v) is 1.46. The van der Waals surface area contributed by atoms with Gasteiger partial charge in [-0.25, -0.2) is 0 Å². The molecule has 0 bridgehead atoms. The maximum atomic E-state index is 5.30. The summed E-state index contributed by atoms with van der Waals surface area (Å²) >= 11 is 0. The highest BCUT2D eigenvalue weighted by molar-refractivity contribution is 5.51. The Kier molecular flexibility index (Phi) is 1.63. The van der Waals surface area contributed by atoms with E-state index in [4.69, 9.17) is 11.4 Å². The summed E-state index contributed by atoms with van der Waals surface area (Å²) in [6, 6.07) is 9.48. The van der Waals surface area contributed by atoms with Gasteiger partial charge in [0, 0.05) is 12.5 Å². The van der Waals surface area contributed by atoms with Crippen LogP contribution in [0.2, 0.25) is 0 Å². The van der Waals surface area contributed by atoms with E-state index in [2.05, 4.69) is 10.1 Å². The second kappa shape index (κ2) is 2.77. The van der Waals surface area contributed by atoms with Crippen molar-refractivity contribution >= 4 is 0 Å². The largest absolute Gasteiger partial charge is 0.334 e. The monoisotopic (exact) mass is 158 g/mol. The lowest BCUT2D eigenvalue weighted by atomic mass is 10.2. The fourth-order valence-electron chi connectivity index (χ4n) is 0.933. The van der Waals surface area contributed by atoms with Crippen LogP contribution in [0, 0.1) is 6.92 Å². The van der Waals surface area contributed by atoms with Crippen molar-refractivity contribution in [2.75, 3.05) is 0 Å². The molecule has 58 valence electrons. The van der Waals surface area contributed by atoms with Gasteiger partial charge in [0.1, 0.15) is 0 Å². The minimum Gasteiger partial charge on any atom is -0.334 e. The summed E-state index contributed by atoms with van der Waals surface area (Å²) in [5.41, 5.74) is 0.877. The van der Waals surface area contributed by atoms with Crippen molar-refractivity contribution in [2.45, 2.75) is 0 Å². The molecule has 0 unspecified atom stereocenters. The molecule has 0 aliphatic rings. The molecule has 1 heterocycles. The lowest BCUT2D eigenvalue weighted by Gasteiger charge is -1.89. The number of aromatic nitrogens is 2. The molecule has 2 aromatic rings. The molecule has 1 aromatic heterocycles. The van der Waals surface area contributed by atoms with Crippen LogP contribution in [0.15, 0.2) is 34.9 Å². The molecular weight excluding hydrogens is 152 g/mol. The smallest absolute Gasteiger partial charge is 0.257 e. The standard InChI is InChI=1S/C9H6N2O/c1-7-10-9(12-11-7)8-5-3-2-4-6-8/h1-6H. The van der Waals surface area contributed by atoms with Crippen molar-refractivity contribution in [3.05, 3.63) is 43.1 Å². The van der Waals surface area contributed by atoms with Crippen LogP contribution in [0.1, 0.15) is 5.82 Å². The second-order valence-electron chi connectivity index (χ2n) is 2.32. The lowest BCUT2D eigenvalue weighted by Crippen LogP contribution is -1.76. The lowest BCUT2D eigenvalue weighted by molar-refractivity contribution is 0.427. The molecule has 12 heavy (non-hydrogen) atoms.